The highest BCUT2D eigenvalue weighted by atomic mass is 32.2. The number of nitrogens with zero attached hydrogens (tertiary/aromatic N) is 3. The molecule has 3 heterocycles. The number of para-hydroxylation sites is 1. The van der Waals surface area contributed by atoms with Gasteiger partial charge in [-0.3, -0.25) is 14.5 Å². The lowest BCUT2D eigenvalue weighted by Crippen LogP contribution is -2.42. The Balaban J connectivity index is 1.36. The minimum absolute atomic E-state index is 0.0455. The van der Waals surface area contributed by atoms with Gasteiger partial charge in [-0.05, 0) is 37.0 Å². The van der Waals surface area contributed by atoms with E-state index in [0.29, 0.717) is 17.8 Å². The molecule has 2 aromatic rings. The Bertz CT molecular complexity index is 1280. The molecule has 198 valence electrons. The molecule has 8 nitrogen and oxygen atoms in total. The van der Waals surface area contributed by atoms with E-state index in [2.05, 4.69) is 21.6 Å². The molecule has 0 bridgehead atoms. The van der Waals surface area contributed by atoms with Crippen molar-refractivity contribution in [1.29, 1.82) is 0 Å². The number of rotatable bonds is 8. The molecule has 2 aromatic carbocycles. The summed E-state index contributed by atoms with van der Waals surface area (Å²) in [5.41, 5.74) is 4.89. The number of morpholine rings is 1. The topological polar surface area (TPSA) is 86.3 Å². The average molecular weight is 532 g/mol. The maximum Gasteiger partial charge on any atom is 0.255 e. The van der Waals surface area contributed by atoms with Crippen LogP contribution >= 0.6 is 11.8 Å². The SMILES string of the molecule is CC1=C(C(=O)Nc2ccccc2)[C@@H](c2cccc(C)c2)N2C(CC(=O)NCCN3CCOCC3)=CSC2=N1. The Labute approximate surface area is 227 Å². The summed E-state index contributed by atoms with van der Waals surface area (Å²) in [5, 5.41) is 8.86. The van der Waals surface area contributed by atoms with Gasteiger partial charge in [0.1, 0.15) is 0 Å². The van der Waals surface area contributed by atoms with Crippen molar-refractivity contribution in [3.8, 4) is 0 Å². The van der Waals surface area contributed by atoms with Crippen molar-refractivity contribution in [2.24, 2.45) is 4.99 Å². The van der Waals surface area contributed by atoms with Crippen molar-refractivity contribution < 1.29 is 14.3 Å². The van der Waals surface area contributed by atoms with Gasteiger partial charge in [-0.25, -0.2) is 4.99 Å². The highest BCUT2D eigenvalue weighted by Crippen LogP contribution is 2.44. The number of hydrogen-bond donors (Lipinski definition) is 2. The highest BCUT2D eigenvalue weighted by molar-refractivity contribution is 8.16. The standard InChI is InChI=1S/C29H33N5O3S/c1-20-7-6-8-22(17-20)27-26(28(36)32-23-9-4-3-5-10-23)21(2)31-29-34(27)24(19-38-29)18-25(35)30-11-12-33-13-15-37-16-14-33/h3-10,17,19,27H,11-16,18H2,1-2H3,(H,30,35)(H,32,36)/t27-/m1/s1. The zero-order valence-electron chi connectivity index (χ0n) is 21.8. The Kier molecular flexibility index (Phi) is 8.26. The van der Waals surface area contributed by atoms with Crippen LogP contribution in [-0.4, -0.2) is 66.2 Å². The molecular formula is C29H33N5O3S. The van der Waals surface area contributed by atoms with Gasteiger partial charge in [-0.15, -0.1) is 0 Å². The number of amides is 2. The van der Waals surface area contributed by atoms with Crippen LogP contribution in [0.25, 0.3) is 0 Å². The van der Waals surface area contributed by atoms with E-state index in [4.69, 9.17) is 9.73 Å². The van der Waals surface area contributed by atoms with Crippen LogP contribution in [-0.2, 0) is 14.3 Å². The van der Waals surface area contributed by atoms with E-state index in [-0.39, 0.29) is 18.2 Å². The minimum Gasteiger partial charge on any atom is -0.379 e. The summed E-state index contributed by atoms with van der Waals surface area (Å²) < 4.78 is 5.40. The van der Waals surface area contributed by atoms with E-state index in [1.54, 1.807) is 0 Å². The van der Waals surface area contributed by atoms with Gasteiger partial charge < -0.3 is 20.3 Å². The van der Waals surface area contributed by atoms with Gasteiger partial charge in [0.15, 0.2) is 5.17 Å². The van der Waals surface area contributed by atoms with Gasteiger partial charge in [-0.2, -0.15) is 0 Å². The van der Waals surface area contributed by atoms with Crippen molar-refractivity contribution in [3.05, 3.63) is 88.1 Å². The number of aliphatic imine (C=N–C) groups is 1. The van der Waals surface area contributed by atoms with Crippen LogP contribution in [0.5, 0.6) is 0 Å². The molecule has 1 atom stereocenters. The van der Waals surface area contributed by atoms with Crippen LogP contribution < -0.4 is 10.6 Å². The lowest BCUT2D eigenvalue weighted by Gasteiger charge is -2.36. The first-order valence-corrected chi connectivity index (χ1v) is 13.8. The predicted molar refractivity (Wildman–Crippen MR) is 152 cm³/mol. The van der Waals surface area contributed by atoms with Crippen molar-refractivity contribution in [1.82, 2.24) is 15.1 Å². The number of thioether (sulfide) groups is 1. The average Bonchev–Trinajstić information content (AvgIpc) is 3.30. The molecule has 0 aliphatic carbocycles. The van der Waals surface area contributed by atoms with Gasteiger partial charge in [0.05, 0.1) is 36.9 Å². The molecule has 2 amide bonds. The Morgan fingerprint density at radius 2 is 1.87 bits per heavy atom. The zero-order valence-corrected chi connectivity index (χ0v) is 22.6. The molecule has 0 unspecified atom stereocenters. The minimum atomic E-state index is -0.395. The molecule has 0 radical (unpaired) electrons. The molecule has 5 rings (SSSR count). The van der Waals surface area contributed by atoms with E-state index >= 15 is 0 Å². The maximum absolute atomic E-state index is 13.7. The number of carbonyl (C=O) groups is 2. The summed E-state index contributed by atoms with van der Waals surface area (Å²) in [6.07, 6.45) is 0.212. The first kappa shape index (κ1) is 26.2. The lowest BCUT2D eigenvalue weighted by atomic mass is 9.92. The third-order valence-corrected chi connectivity index (χ3v) is 7.72. The molecule has 3 aliphatic rings. The Morgan fingerprint density at radius 1 is 1.08 bits per heavy atom. The number of ether oxygens (including phenoxy) is 1. The van der Waals surface area contributed by atoms with Crippen LogP contribution in [0.2, 0.25) is 0 Å². The molecular weight excluding hydrogens is 498 g/mol. The third kappa shape index (κ3) is 6.01. The van der Waals surface area contributed by atoms with Crippen LogP contribution in [0.4, 0.5) is 5.69 Å². The van der Waals surface area contributed by atoms with Crippen LogP contribution in [0.1, 0.15) is 30.5 Å². The summed E-state index contributed by atoms with van der Waals surface area (Å²) >= 11 is 1.49. The van der Waals surface area contributed by atoms with Crippen molar-refractivity contribution >= 4 is 34.4 Å². The second kappa shape index (κ2) is 12.0. The van der Waals surface area contributed by atoms with Crippen molar-refractivity contribution in [2.75, 3.05) is 44.7 Å². The normalized spacial score (nSPS) is 19.5. The molecule has 9 heteroatoms. The van der Waals surface area contributed by atoms with Gasteiger partial charge in [0.25, 0.3) is 5.91 Å². The second-order valence-electron chi connectivity index (χ2n) is 9.61. The van der Waals surface area contributed by atoms with Gasteiger partial charge >= 0.3 is 0 Å². The van der Waals surface area contributed by atoms with Crippen LogP contribution in [0.3, 0.4) is 0 Å². The van der Waals surface area contributed by atoms with E-state index in [1.807, 2.05) is 72.7 Å². The fraction of sp³-hybridized carbons (Fsp3) is 0.345. The van der Waals surface area contributed by atoms with E-state index in [9.17, 15) is 9.59 Å². The number of anilines is 1. The molecule has 2 N–H and O–H groups in total. The molecule has 38 heavy (non-hydrogen) atoms. The number of fused-ring (bicyclic) bond motifs is 1. The van der Waals surface area contributed by atoms with Gasteiger partial charge in [-0.1, -0.05) is 59.8 Å². The summed E-state index contributed by atoms with van der Waals surface area (Å²) in [5.74, 6) is -0.245. The molecule has 0 aromatic heterocycles. The van der Waals surface area contributed by atoms with Crippen molar-refractivity contribution in [2.45, 2.75) is 26.3 Å². The van der Waals surface area contributed by atoms with E-state index < -0.39 is 6.04 Å². The number of hydrogen-bond acceptors (Lipinski definition) is 7. The van der Waals surface area contributed by atoms with Crippen LogP contribution in [0.15, 0.2) is 82.0 Å². The lowest BCUT2D eigenvalue weighted by molar-refractivity contribution is -0.120. The largest absolute Gasteiger partial charge is 0.379 e. The van der Waals surface area contributed by atoms with E-state index in [0.717, 1.165) is 60.5 Å². The van der Waals surface area contributed by atoms with Crippen LogP contribution in [0, 0.1) is 6.92 Å². The number of nitrogens with one attached hydrogen (secondary N) is 2. The van der Waals surface area contributed by atoms with E-state index in [1.165, 1.54) is 11.8 Å². The zero-order chi connectivity index (χ0) is 26.5. The number of benzene rings is 2. The molecule has 0 saturated carbocycles. The monoisotopic (exact) mass is 531 g/mol. The number of amidine groups is 1. The summed E-state index contributed by atoms with van der Waals surface area (Å²) in [6, 6.07) is 17.2. The second-order valence-corrected chi connectivity index (χ2v) is 10.4. The third-order valence-electron chi connectivity index (χ3n) is 6.83. The fourth-order valence-electron chi connectivity index (χ4n) is 4.94. The molecule has 0 spiro atoms. The Hall–Kier alpha value is -3.40. The number of carbonyl (C=O) groups excluding carboxylic acids is 2. The number of aryl methyl sites for hydroxylation is 1. The highest BCUT2D eigenvalue weighted by Gasteiger charge is 2.40. The predicted octanol–water partition coefficient (Wildman–Crippen LogP) is 4.05. The summed E-state index contributed by atoms with van der Waals surface area (Å²) in [4.78, 5) is 35.8. The first-order valence-electron chi connectivity index (χ1n) is 12.9. The quantitative estimate of drug-likeness (QED) is 0.535. The summed E-state index contributed by atoms with van der Waals surface area (Å²) in [7, 11) is 0. The molecule has 1 saturated heterocycles. The van der Waals surface area contributed by atoms with Gasteiger partial charge in [0, 0.05) is 37.6 Å². The first-order chi connectivity index (χ1) is 18.5. The molecule has 1 fully saturated rings. The van der Waals surface area contributed by atoms with Crippen molar-refractivity contribution in [3.63, 3.8) is 0 Å². The van der Waals surface area contributed by atoms with Gasteiger partial charge in [0.2, 0.25) is 5.91 Å². The smallest absolute Gasteiger partial charge is 0.255 e. The Morgan fingerprint density at radius 3 is 2.63 bits per heavy atom. The maximum atomic E-state index is 13.7. The number of allylic oxidation sites excluding steroid dienone is 1. The summed E-state index contributed by atoms with van der Waals surface area (Å²) in [6.45, 7) is 8.57. The molecule has 3 aliphatic heterocycles. The fourth-order valence-corrected chi connectivity index (χ4v) is 5.90.